The van der Waals surface area contributed by atoms with Crippen LogP contribution in [0.2, 0.25) is 0 Å². The van der Waals surface area contributed by atoms with Crippen LogP contribution >= 0.6 is 0 Å². The minimum atomic E-state index is -0.725. The number of benzene rings is 2. The highest BCUT2D eigenvalue weighted by molar-refractivity contribution is 6.04. The number of amides is 2. The van der Waals surface area contributed by atoms with Crippen LogP contribution in [-0.4, -0.2) is 22.9 Å². The Kier molecular flexibility index (Phi) is 6.80. The molecule has 0 spiro atoms. The van der Waals surface area contributed by atoms with Gasteiger partial charge in [0.2, 0.25) is 0 Å². The summed E-state index contributed by atoms with van der Waals surface area (Å²) in [5, 5.41) is 5.66. The van der Waals surface area contributed by atoms with E-state index in [4.69, 9.17) is 4.74 Å². The van der Waals surface area contributed by atoms with Crippen molar-refractivity contribution in [2.75, 3.05) is 5.32 Å². The highest BCUT2D eigenvalue weighted by Gasteiger charge is 2.19. The van der Waals surface area contributed by atoms with Crippen LogP contribution in [0.5, 0.6) is 5.75 Å². The van der Waals surface area contributed by atoms with Gasteiger partial charge in [0, 0.05) is 18.9 Å². The third kappa shape index (κ3) is 5.23. The standard InChI is InChI=1S/C24H25N3O3/c1-16-8-6-12-22(17(16)2)30-18(3)23(28)27-21-11-5-4-10-20(21)24(29)26-15-19-9-7-13-25-14-19/h4-14,18H,15H2,1-3H3,(H,26,29)(H,27,28)/t18-/m1/s1. The lowest BCUT2D eigenvalue weighted by Crippen LogP contribution is -2.32. The minimum Gasteiger partial charge on any atom is -0.481 e. The number of nitrogens with one attached hydrogen (secondary N) is 2. The molecule has 2 amide bonds. The molecule has 6 nitrogen and oxygen atoms in total. The second-order valence-corrected chi connectivity index (χ2v) is 7.04. The highest BCUT2D eigenvalue weighted by atomic mass is 16.5. The van der Waals surface area contributed by atoms with Gasteiger partial charge in [0.05, 0.1) is 11.3 Å². The lowest BCUT2D eigenvalue weighted by atomic mass is 10.1. The molecule has 3 aromatic rings. The second-order valence-electron chi connectivity index (χ2n) is 7.04. The van der Waals surface area contributed by atoms with E-state index >= 15 is 0 Å². The quantitative estimate of drug-likeness (QED) is 0.624. The molecule has 1 aromatic heterocycles. The number of hydrogen-bond acceptors (Lipinski definition) is 4. The molecule has 6 heteroatoms. The number of ether oxygens (including phenoxy) is 1. The summed E-state index contributed by atoms with van der Waals surface area (Å²) in [4.78, 5) is 29.4. The van der Waals surface area contributed by atoms with E-state index < -0.39 is 6.10 Å². The molecule has 0 aliphatic carbocycles. The Balaban J connectivity index is 1.66. The number of hydrogen-bond donors (Lipinski definition) is 2. The van der Waals surface area contributed by atoms with Crippen molar-refractivity contribution in [2.24, 2.45) is 0 Å². The van der Waals surface area contributed by atoms with E-state index in [0.717, 1.165) is 16.7 Å². The van der Waals surface area contributed by atoms with Gasteiger partial charge < -0.3 is 15.4 Å². The molecule has 2 N–H and O–H groups in total. The number of pyridine rings is 1. The Bertz CT molecular complexity index is 1030. The molecule has 0 unspecified atom stereocenters. The largest absolute Gasteiger partial charge is 0.481 e. The van der Waals surface area contributed by atoms with Gasteiger partial charge in [-0.05, 0) is 61.7 Å². The minimum absolute atomic E-state index is 0.280. The van der Waals surface area contributed by atoms with Crippen LogP contribution in [0, 0.1) is 13.8 Å². The molecular weight excluding hydrogens is 378 g/mol. The SMILES string of the molecule is Cc1cccc(O[C@H](C)C(=O)Nc2ccccc2C(=O)NCc2cccnc2)c1C. The molecule has 0 saturated heterocycles. The van der Waals surface area contributed by atoms with Crippen LogP contribution in [0.3, 0.4) is 0 Å². The molecule has 0 saturated carbocycles. The smallest absolute Gasteiger partial charge is 0.265 e. The van der Waals surface area contributed by atoms with Crippen molar-refractivity contribution in [1.82, 2.24) is 10.3 Å². The van der Waals surface area contributed by atoms with Crippen molar-refractivity contribution in [3.63, 3.8) is 0 Å². The summed E-state index contributed by atoms with van der Waals surface area (Å²) < 4.78 is 5.85. The van der Waals surface area contributed by atoms with Crippen LogP contribution < -0.4 is 15.4 Å². The summed E-state index contributed by atoms with van der Waals surface area (Å²) in [6, 6.07) is 16.3. The zero-order valence-electron chi connectivity index (χ0n) is 17.3. The van der Waals surface area contributed by atoms with Gasteiger partial charge in [-0.15, -0.1) is 0 Å². The monoisotopic (exact) mass is 403 g/mol. The molecule has 0 aliphatic heterocycles. The van der Waals surface area contributed by atoms with Crippen LogP contribution in [0.15, 0.2) is 67.0 Å². The first-order chi connectivity index (χ1) is 14.5. The lowest BCUT2D eigenvalue weighted by Gasteiger charge is -2.18. The lowest BCUT2D eigenvalue weighted by molar-refractivity contribution is -0.122. The third-order valence-corrected chi connectivity index (χ3v) is 4.83. The first-order valence-electron chi connectivity index (χ1n) is 9.75. The fourth-order valence-electron chi connectivity index (χ4n) is 2.90. The van der Waals surface area contributed by atoms with Gasteiger partial charge in [0.1, 0.15) is 5.75 Å². The summed E-state index contributed by atoms with van der Waals surface area (Å²) in [6.07, 6.45) is 2.65. The number of nitrogens with zero attached hydrogens (tertiary/aromatic N) is 1. The number of carbonyl (C=O) groups is 2. The summed E-state index contributed by atoms with van der Waals surface area (Å²) in [5.74, 6) is 0.0569. The first-order valence-corrected chi connectivity index (χ1v) is 9.75. The fourth-order valence-corrected chi connectivity index (χ4v) is 2.90. The molecule has 154 valence electrons. The van der Waals surface area contributed by atoms with Crippen LogP contribution in [0.25, 0.3) is 0 Å². The summed E-state index contributed by atoms with van der Waals surface area (Å²) in [6.45, 7) is 5.98. The second kappa shape index (κ2) is 9.69. The van der Waals surface area contributed by atoms with Gasteiger partial charge in [-0.1, -0.05) is 30.3 Å². The van der Waals surface area contributed by atoms with Gasteiger partial charge in [-0.3, -0.25) is 14.6 Å². The topological polar surface area (TPSA) is 80.3 Å². The summed E-state index contributed by atoms with van der Waals surface area (Å²) in [7, 11) is 0. The van der Waals surface area contributed by atoms with E-state index in [-0.39, 0.29) is 11.8 Å². The number of anilines is 1. The molecule has 3 rings (SSSR count). The zero-order chi connectivity index (χ0) is 21.5. The van der Waals surface area contributed by atoms with Gasteiger partial charge in [-0.25, -0.2) is 0 Å². The van der Waals surface area contributed by atoms with Gasteiger partial charge >= 0.3 is 0 Å². The molecule has 1 atom stereocenters. The van der Waals surface area contributed by atoms with Crippen molar-refractivity contribution in [3.8, 4) is 5.75 Å². The summed E-state index contributed by atoms with van der Waals surface area (Å²) in [5.41, 5.74) is 3.79. The Morgan fingerprint density at radius 1 is 1.03 bits per heavy atom. The van der Waals surface area contributed by atoms with Gasteiger partial charge in [-0.2, -0.15) is 0 Å². The van der Waals surface area contributed by atoms with Crippen molar-refractivity contribution in [1.29, 1.82) is 0 Å². The predicted octanol–water partition coefficient (Wildman–Crippen LogP) is 4.03. The van der Waals surface area contributed by atoms with Crippen molar-refractivity contribution in [2.45, 2.75) is 33.4 Å². The average molecular weight is 403 g/mol. The van der Waals surface area contributed by atoms with E-state index in [1.165, 1.54) is 0 Å². The molecule has 0 fully saturated rings. The zero-order valence-corrected chi connectivity index (χ0v) is 17.3. The molecule has 2 aromatic carbocycles. The molecular formula is C24H25N3O3. The van der Waals surface area contributed by atoms with E-state index in [0.29, 0.717) is 23.5 Å². The van der Waals surface area contributed by atoms with Crippen LogP contribution in [-0.2, 0) is 11.3 Å². The molecule has 30 heavy (non-hydrogen) atoms. The maximum atomic E-state index is 12.7. The number of aryl methyl sites for hydroxylation is 1. The molecule has 0 aliphatic rings. The van der Waals surface area contributed by atoms with Crippen LogP contribution in [0.1, 0.15) is 34.0 Å². The van der Waals surface area contributed by atoms with E-state index in [2.05, 4.69) is 15.6 Å². The molecule has 0 radical (unpaired) electrons. The van der Waals surface area contributed by atoms with Gasteiger partial charge in [0.25, 0.3) is 11.8 Å². The number of aromatic nitrogens is 1. The Morgan fingerprint density at radius 2 is 1.83 bits per heavy atom. The Hall–Kier alpha value is -3.67. The highest BCUT2D eigenvalue weighted by Crippen LogP contribution is 2.22. The fraction of sp³-hybridized carbons (Fsp3) is 0.208. The Morgan fingerprint density at radius 3 is 2.60 bits per heavy atom. The van der Waals surface area contributed by atoms with E-state index in [1.54, 1.807) is 43.6 Å². The van der Waals surface area contributed by atoms with Crippen molar-refractivity contribution < 1.29 is 14.3 Å². The maximum Gasteiger partial charge on any atom is 0.265 e. The number of carbonyl (C=O) groups excluding carboxylic acids is 2. The summed E-state index contributed by atoms with van der Waals surface area (Å²) >= 11 is 0. The van der Waals surface area contributed by atoms with Crippen molar-refractivity contribution >= 4 is 17.5 Å². The average Bonchev–Trinajstić information content (AvgIpc) is 2.76. The van der Waals surface area contributed by atoms with Crippen molar-refractivity contribution in [3.05, 3.63) is 89.2 Å². The van der Waals surface area contributed by atoms with Gasteiger partial charge in [0.15, 0.2) is 6.10 Å². The van der Waals surface area contributed by atoms with E-state index in [9.17, 15) is 9.59 Å². The third-order valence-electron chi connectivity index (χ3n) is 4.83. The Labute approximate surface area is 176 Å². The normalized spacial score (nSPS) is 11.4. The molecule has 0 bridgehead atoms. The van der Waals surface area contributed by atoms with Crippen LogP contribution in [0.4, 0.5) is 5.69 Å². The predicted molar refractivity (Wildman–Crippen MR) is 116 cm³/mol. The van der Waals surface area contributed by atoms with E-state index in [1.807, 2.05) is 44.2 Å². The number of rotatable bonds is 7. The first kappa shape index (κ1) is 21.0. The maximum absolute atomic E-state index is 12.7. The number of para-hydroxylation sites is 1. The molecule has 1 heterocycles.